The number of hydrogen-bond donors (Lipinski definition) is 1. The van der Waals surface area contributed by atoms with Crippen LogP contribution in [0.15, 0.2) is 18.2 Å². The Labute approximate surface area is 127 Å². The van der Waals surface area contributed by atoms with Gasteiger partial charge in [-0.3, -0.25) is 0 Å². The summed E-state index contributed by atoms with van der Waals surface area (Å²) < 4.78 is 0. The molecule has 0 spiro atoms. The lowest BCUT2D eigenvalue weighted by molar-refractivity contribution is 0.199. The zero-order valence-corrected chi connectivity index (χ0v) is 13.4. The summed E-state index contributed by atoms with van der Waals surface area (Å²) in [6.45, 7) is 7.28. The van der Waals surface area contributed by atoms with Gasteiger partial charge in [-0.05, 0) is 51.1 Å². The highest BCUT2D eigenvalue weighted by atomic mass is 35.5. The van der Waals surface area contributed by atoms with Crippen LogP contribution in [0.25, 0.3) is 0 Å². The first-order valence-corrected chi connectivity index (χ1v) is 7.83. The van der Waals surface area contributed by atoms with Gasteiger partial charge in [-0.2, -0.15) is 0 Å². The lowest BCUT2D eigenvalue weighted by Gasteiger charge is -2.32. The predicted molar refractivity (Wildman–Crippen MR) is 85.6 cm³/mol. The molecule has 0 radical (unpaired) electrons. The Bertz CT molecular complexity index is 450. The van der Waals surface area contributed by atoms with Crippen LogP contribution in [0, 0.1) is 0 Å². The quantitative estimate of drug-likeness (QED) is 0.927. The van der Waals surface area contributed by atoms with Crippen LogP contribution in [0.5, 0.6) is 0 Å². The topological polar surface area (TPSA) is 26.7 Å². The van der Waals surface area contributed by atoms with E-state index in [0.717, 1.165) is 31.6 Å². The third kappa shape index (κ3) is 3.46. The molecule has 3 nitrogen and oxygen atoms in total. The summed E-state index contributed by atoms with van der Waals surface area (Å²) in [5.41, 5.74) is 1.97. The number of halogens is 1. The van der Waals surface area contributed by atoms with Crippen molar-refractivity contribution in [1.82, 2.24) is 4.90 Å². The van der Waals surface area contributed by atoms with Crippen molar-refractivity contribution in [3.05, 3.63) is 28.8 Å². The number of hydrogen-bond acceptors (Lipinski definition) is 3. The van der Waals surface area contributed by atoms with Crippen molar-refractivity contribution >= 4 is 17.3 Å². The van der Waals surface area contributed by atoms with Crippen molar-refractivity contribution in [2.75, 3.05) is 31.6 Å². The van der Waals surface area contributed by atoms with Crippen LogP contribution in [0.4, 0.5) is 5.69 Å². The fourth-order valence-electron chi connectivity index (χ4n) is 2.97. The second-order valence-electron chi connectivity index (χ2n) is 5.75. The molecule has 20 heavy (non-hydrogen) atoms. The zero-order valence-electron chi connectivity index (χ0n) is 12.6. The van der Waals surface area contributed by atoms with Crippen molar-refractivity contribution in [1.29, 1.82) is 0 Å². The molecule has 4 heteroatoms. The standard InChI is InChI=1S/C16H25ClN2O/c1-4-13-11-18(3)8-5-9-19(13)14-6-7-15(12(2)20)16(17)10-14/h6-7,10,12-13,20H,4-5,8-9,11H2,1-3H3. The molecule has 0 bridgehead atoms. The summed E-state index contributed by atoms with van der Waals surface area (Å²) in [6.07, 6.45) is 1.77. The Kier molecular flexibility index (Phi) is 5.30. The van der Waals surface area contributed by atoms with Gasteiger partial charge >= 0.3 is 0 Å². The number of aliphatic hydroxyl groups is 1. The van der Waals surface area contributed by atoms with Gasteiger partial charge < -0.3 is 14.9 Å². The molecule has 1 fully saturated rings. The number of anilines is 1. The SMILES string of the molecule is CCC1CN(C)CCCN1c1ccc(C(C)O)c(Cl)c1. The lowest BCUT2D eigenvalue weighted by atomic mass is 10.1. The van der Waals surface area contributed by atoms with Gasteiger partial charge in [0.15, 0.2) is 0 Å². The van der Waals surface area contributed by atoms with Gasteiger partial charge in [0.05, 0.1) is 6.10 Å². The second kappa shape index (κ2) is 6.79. The maximum absolute atomic E-state index is 9.68. The first kappa shape index (κ1) is 15.6. The summed E-state index contributed by atoms with van der Waals surface area (Å²) in [5, 5.41) is 10.3. The highest BCUT2D eigenvalue weighted by Crippen LogP contribution is 2.30. The maximum atomic E-state index is 9.68. The summed E-state index contributed by atoms with van der Waals surface area (Å²) in [5.74, 6) is 0. The third-order valence-corrected chi connectivity index (χ3v) is 4.47. The molecule has 0 amide bonds. The molecular weight excluding hydrogens is 272 g/mol. The molecule has 1 aromatic rings. The first-order chi connectivity index (χ1) is 9.52. The van der Waals surface area contributed by atoms with E-state index < -0.39 is 6.10 Å². The monoisotopic (exact) mass is 296 g/mol. The number of benzene rings is 1. The fraction of sp³-hybridized carbons (Fsp3) is 0.625. The molecule has 2 atom stereocenters. The molecule has 1 saturated heterocycles. The van der Waals surface area contributed by atoms with Crippen LogP contribution >= 0.6 is 11.6 Å². The minimum Gasteiger partial charge on any atom is -0.389 e. The summed E-state index contributed by atoms with van der Waals surface area (Å²) in [6, 6.07) is 6.55. The molecule has 2 unspecified atom stereocenters. The minimum atomic E-state index is -0.520. The third-order valence-electron chi connectivity index (χ3n) is 4.14. The van der Waals surface area contributed by atoms with E-state index in [2.05, 4.69) is 29.8 Å². The Morgan fingerprint density at radius 3 is 2.75 bits per heavy atom. The second-order valence-corrected chi connectivity index (χ2v) is 6.16. The molecule has 1 heterocycles. The normalized spacial score (nSPS) is 22.6. The molecule has 0 saturated carbocycles. The van der Waals surface area contributed by atoms with E-state index in [9.17, 15) is 5.11 Å². The number of likely N-dealkylation sites (N-methyl/N-ethyl adjacent to an activating group) is 1. The van der Waals surface area contributed by atoms with E-state index in [-0.39, 0.29) is 0 Å². The summed E-state index contributed by atoms with van der Waals surface area (Å²) in [7, 11) is 2.19. The molecular formula is C16H25ClN2O. The van der Waals surface area contributed by atoms with Crippen LogP contribution in [0.2, 0.25) is 5.02 Å². The van der Waals surface area contributed by atoms with Crippen LogP contribution in [-0.2, 0) is 0 Å². The lowest BCUT2D eigenvalue weighted by Crippen LogP contribution is -2.39. The Morgan fingerprint density at radius 1 is 1.40 bits per heavy atom. The van der Waals surface area contributed by atoms with E-state index in [4.69, 9.17) is 11.6 Å². The minimum absolute atomic E-state index is 0.520. The van der Waals surface area contributed by atoms with Crippen LogP contribution < -0.4 is 4.90 Å². The summed E-state index contributed by atoms with van der Waals surface area (Å²) >= 11 is 6.31. The number of rotatable bonds is 3. The Balaban J connectivity index is 2.26. The predicted octanol–water partition coefficient (Wildman–Crippen LogP) is 3.31. The van der Waals surface area contributed by atoms with Crippen LogP contribution in [-0.4, -0.2) is 42.7 Å². The van der Waals surface area contributed by atoms with Gasteiger partial charge in [-0.1, -0.05) is 24.6 Å². The molecule has 112 valence electrons. The molecule has 1 N–H and O–H groups in total. The smallest absolute Gasteiger partial charge is 0.0776 e. The van der Waals surface area contributed by atoms with Crippen LogP contribution in [0.3, 0.4) is 0 Å². The van der Waals surface area contributed by atoms with E-state index in [1.165, 1.54) is 12.1 Å². The largest absolute Gasteiger partial charge is 0.389 e. The summed E-state index contributed by atoms with van der Waals surface area (Å²) in [4.78, 5) is 4.86. The average Bonchev–Trinajstić information content (AvgIpc) is 2.59. The van der Waals surface area contributed by atoms with Crippen molar-refractivity contribution < 1.29 is 5.11 Å². The first-order valence-electron chi connectivity index (χ1n) is 7.45. The van der Waals surface area contributed by atoms with E-state index >= 15 is 0 Å². The van der Waals surface area contributed by atoms with Crippen molar-refractivity contribution in [2.45, 2.75) is 38.8 Å². The van der Waals surface area contributed by atoms with Crippen LogP contribution in [0.1, 0.15) is 38.4 Å². The molecule has 1 aromatic carbocycles. The van der Waals surface area contributed by atoms with Gasteiger partial charge in [0.1, 0.15) is 0 Å². The number of aliphatic hydroxyl groups excluding tert-OH is 1. The number of nitrogens with zero attached hydrogens (tertiary/aromatic N) is 2. The van der Waals surface area contributed by atoms with E-state index in [1.807, 2.05) is 12.1 Å². The van der Waals surface area contributed by atoms with Crippen molar-refractivity contribution in [3.8, 4) is 0 Å². The Morgan fingerprint density at radius 2 is 2.15 bits per heavy atom. The maximum Gasteiger partial charge on any atom is 0.0776 e. The fourth-order valence-corrected chi connectivity index (χ4v) is 3.30. The highest BCUT2D eigenvalue weighted by Gasteiger charge is 2.22. The molecule has 0 aromatic heterocycles. The molecule has 0 aliphatic carbocycles. The van der Waals surface area contributed by atoms with E-state index in [1.54, 1.807) is 6.92 Å². The van der Waals surface area contributed by atoms with Gasteiger partial charge in [0.2, 0.25) is 0 Å². The average molecular weight is 297 g/mol. The van der Waals surface area contributed by atoms with Gasteiger partial charge in [0, 0.05) is 29.8 Å². The van der Waals surface area contributed by atoms with Crippen molar-refractivity contribution in [3.63, 3.8) is 0 Å². The molecule has 1 aliphatic heterocycles. The van der Waals surface area contributed by atoms with Gasteiger partial charge in [-0.25, -0.2) is 0 Å². The van der Waals surface area contributed by atoms with Gasteiger partial charge in [0.25, 0.3) is 0 Å². The molecule has 2 rings (SSSR count). The van der Waals surface area contributed by atoms with Gasteiger partial charge in [-0.15, -0.1) is 0 Å². The zero-order chi connectivity index (χ0) is 14.7. The highest BCUT2D eigenvalue weighted by molar-refractivity contribution is 6.31. The van der Waals surface area contributed by atoms with E-state index in [0.29, 0.717) is 11.1 Å². The van der Waals surface area contributed by atoms with Crippen molar-refractivity contribution in [2.24, 2.45) is 0 Å². The Hall–Kier alpha value is -0.770. The molecule has 1 aliphatic rings.